The average molecular weight is 421 g/mol. The number of ether oxygens (including phenoxy) is 1. The van der Waals surface area contributed by atoms with Crippen LogP contribution in [0.4, 0.5) is 0 Å². The van der Waals surface area contributed by atoms with Crippen molar-refractivity contribution in [1.29, 1.82) is 0 Å². The van der Waals surface area contributed by atoms with Gasteiger partial charge in [-0.2, -0.15) is 0 Å². The number of esters is 1. The molecule has 0 amide bonds. The lowest BCUT2D eigenvalue weighted by atomic mass is 9.58. The number of aliphatic hydroxyl groups is 1. The van der Waals surface area contributed by atoms with Gasteiger partial charge < -0.3 is 14.3 Å². The molecule has 2 atom stereocenters. The number of rotatable bonds is 7. The molecule has 4 nitrogen and oxygen atoms in total. The van der Waals surface area contributed by atoms with E-state index in [9.17, 15) is 9.90 Å². The third-order valence-corrected chi connectivity index (χ3v) is 6.74. The lowest BCUT2D eigenvalue weighted by Gasteiger charge is -2.57. The number of hydrogen-bond donors (Lipinski definition) is 1. The molecule has 164 valence electrons. The van der Waals surface area contributed by atoms with E-state index in [1.165, 1.54) is 13.2 Å². The summed E-state index contributed by atoms with van der Waals surface area (Å²) in [4.78, 5) is 11.3. The Kier molecular flexibility index (Phi) is 8.46. The molecule has 0 aliphatic heterocycles. The van der Waals surface area contributed by atoms with Gasteiger partial charge in [0.2, 0.25) is 0 Å². The van der Waals surface area contributed by atoms with Crippen LogP contribution in [0.5, 0.6) is 0 Å². The fourth-order valence-corrected chi connectivity index (χ4v) is 5.73. The van der Waals surface area contributed by atoms with Gasteiger partial charge in [-0.1, -0.05) is 43.7 Å². The molecule has 1 fully saturated rings. The van der Waals surface area contributed by atoms with Gasteiger partial charge in [-0.3, -0.25) is 0 Å². The van der Waals surface area contributed by atoms with E-state index < -0.39 is 19.5 Å². The van der Waals surface area contributed by atoms with E-state index in [2.05, 4.69) is 45.1 Å². The minimum Gasteiger partial charge on any atom is -0.466 e. The van der Waals surface area contributed by atoms with Crippen LogP contribution in [0.15, 0.2) is 47.6 Å². The predicted octanol–water partition coefficient (Wildman–Crippen LogP) is 5.72. The molecule has 1 aliphatic carbocycles. The van der Waals surface area contributed by atoms with Crippen molar-refractivity contribution in [3.63, 3.8) is 0 Å². The predicted molar refractivity (Wildman–Crippen MR) is 123 cm³/mol. The van der Waals surface area contributed by atoms with Gasteiger partial charge in [-0.05, 0) is 76.7 Å². The van der Waals surface area contributed by atoms with Gasteiger partial charge in [0.25, 0.3) is 0 Å². The first-order chi connectivity index (χ1) is 13.2. The fourth-order valence-electron chi connectivity index (χ4n) is 4.12. The number of methoxy groups -OCH3 is 1. The van der Waals surface area contributed by atoms with Gasteiger partial charge >= 0.3 is 5.97 Å². The second kappa shape index (κ2) is 9.58. The summed E-state index contributed by atoms with van der Waals surface area (Å²) >= 11 is 0. The highest BCUT2D eigenvalue weighted by molar-refractivity contribution is 6.69. The third-order valence-electron chi connectivity index (χ3n) is 5.68. The molecule has 0 radical (unpaired) electrons. The minimum absolute atomic E-state index is 0.286. The quantitative estimate of drug-likeness (QED) is 0.248. The number of carbonyl (C=O) groups excluding carboxylic acids is 1. The Morgan fingerprint density at radius 1 is 1.03 bits per heavy atom. The van der Waals surface area contributed by atoms with E-state index in [0.717, 1.165) is 30.4 Å². The lowest BCUT2D eigenvalue weighted by molar-refractivity contribution is -0.185. The van der Waals surface area contributed by atoms with Crippen molar-refractivity contribution >= 4 is 14.3 Å². The Bertz CT molecular complexity index is 709. The van der Waals surface area contributed by atoms with E-state index in [0.29, 0.717) is 0 Å². The molecule has 5 heteroatoms. The van der Waals surface area contributed by atoms with E-state index in [1.807, 2.05) is 44.2 Å². The summed E-state index contributed by atoms with van der Waals surface area (Å²) < 4.78 is 11.2. The Balaban J connectivity index is 3.12. The van der Waals surface area contributed by atoms with E-state index in [4.69, 9.17) is 4.43 Å². The second-order valence-corrected chi connectivity index (χ2v) is 14.4. The average Bonchev–Trinajstić information content (AvgIpc) is 2.56. The van der Waals surface area contributed by atoms with Crippen molar-refractivity contribution < 1.29 is 19.1 Å². The first kappa shape index (κ1) is 25.6. The molecule has 1 N–H and O–H groups in total. The van der Waals surface area contributed by atoms with Crippen molar-refractivity contribution in [1.82, 2.24) is 0 Å². The normalized spacial score (nSPS) is 28.9. The van der Waals surface area contributed by atoms with Crippen LogP contribution >= 0.6 is 0 Å². The Morgan fingerprint density at radius 3 is 2.21 bits per heavy atom. The van der Waals surface area contributed by atoms with Crippen molar-refractivity contribution in [3.05, 3.63) is 47.6 Å². The van der Waals surface area contributed by atoms with Gasteiger partial charge in [0.15, 0.2) is 8.32 Å². The van der Waals surface area contributed by atoms with Crippen LogP contribution in [0.3, 0.4) is 0 Å². The Morgan fingerprint density at radius 2 is 1.66 bits per heavy atom. The summed E-state index contributed by atoms with van der Waals surface area (Å²) in [7, 11) is -0.476. The molecule has 0 aromatic carbocycles. The molecule has 0 bridgehead atoms. The van der Waals surface area contributed by atoms with Crippen molar-refractivity contribution in [2.24, 2.45) is 5.41 Å². The summed E-state index contributed by atoms with van der Waals surface area (Å²) in [5, 5.41) is 11.9. The summed E-state index contributed by atoms with van der Waals surface area (Å²) in [5.74, 6) is -0.365. The molecule has 0 spiro atoms. The maximum absolute atomic E-state index is 11.9. The smallest absolute Gasteiger partial charge is 0.330 e. The second-order valence-electron chi connectivity index (χ2n) is 9.96. The lowest BCUT2D eigenvalue weighted by Crippen LogP contribution is -2.65. The minimum atomic E-state index is -1.84. The van der Waals surface area contributed by atoms with E-state index in [1.54, 1.807) is 0 Å². The highest BCUT2D eigenvalue weighted by atomic mass is 28.4. The van der Waals surface area contributed by atoms with Crippen LogP contribution < -0.4 is 0 Å². The van der Waals surface area contributed by atoms with Crippen molar-refractivity contribution in [2.75, 3.05) is 7.11 Å². The summed E-state index contributed by atoms with van der Waals surface area (Å²) in [6.07, 6.45) is 13.9. The van der Waals surface area contributed by atoms with Crippen molar-refractivity contribution in [3.8, 4) is 0 Å². The maximum atomic E-state index is 11.9. The topological polar surface area (TPSA) is 55.8 Å². The number of allylic oxidation sites excluding steroid dienone is 6. The largest absolute Gasteiger partial charge is 0.466 e. The highest BCUT2D eigenvalue weighted by Crippen LogP contribution is 2.52. The third kappa shape index (κ3) is 6.80. The molecular formula is C24H40O4Si. The monoisotopic (exact) mass is 420 g/mol. The molecule has 29 heavy (non-hydrogen) atoms. The zero-order chi connectivity index (χ0) is 22.5. The van der Waals surface area contributed by atoms with Gasteiger partial charge in [-0.25, -0.2) is 4.79 Å². The standard InChI is InChI=1S/C24H40O4Si/c1-19(12-10-13-20(2)18-21(25)27-6)14-17-24(26)22(3,4)15-11-16-23(24,5)28-29(7,8)9/h10,12-14,17-18,26H,11,15-16H2,1-9H3/b13-10+,17-14+,19-12+,20-18+/t23-,24+/m1/s1. The Hall–Kier alpha value is -1.43. The molecule has 1 rings (SSSR count). The molecule has 1 aliphatic rings. The molecule has 0 aromatic rings. The summed E-state index contributed by atoms with van der Waals surface area (Å²) in [6, 6.07) is 0. The van der Waals surface area contributed by atoms with Crippen LogP contribution in [0.25, 0.3) is 0 Å². The van der Waals surface area contributed by atoms with Gasteiger partial charge in [0, 0.05) is 6.08 Å². The number of carbonyl (C=O) groups is 1. The first-order valence-corrected chi connectivity index (χ1v) is 13.8. The first-order valence-electron chi connectivity index (χ1n) is 10.4. The molecule has 0 saturated heterocycles. The van der Waals surface area contributed by atoms with Crippen LogP contribution in [-0.4, -0.2) is 37.7 Å². The van der Waals surface area contributed by atoms with Crippen LogP contribution in [-0.2, 0) is 14.0 Å². The van der Waals surface area contributed by atoms with Crippen LogP contribution in [0.2, 0.25) is 19.6 Å². The summed E-state index contributed by atoms with van der Waals surface area (Å²) in [5.41, 5.74) is -0.124. The fraction of sp³-hybridized carbons (Fsp3) is 0.625. The molecule has 1 saturated carbocycles. The van der Waals surface area contributed by atoms with Crippen molar-refractivity contribution in [2.45, 2.75) is 84.7 Å². The maximum Gasteiger partial charge on any atom is 0.330 e. The molecular weight excluding hydrogens is 380 g/mol. The van der Waals surface area contributed by atoms with Gasteiger partial charge in [0.05, 0.1) is 12.7 Å². The zero-order valence-electron chi connectivity index (χ0n) is 19.8. The molecule has 0 unspecified atom stereocenters. The SMILES string of the molecule is COC(=O)/C=C(C)/C=C/C=C(C)/C=C/[C@]1(O)C(C)(C)CCC[C@@]1(C)O[Si](C)(C)C. The highest BCUT2D eigenvalue weighted by Gasteiger charge is 2.58. The number of hydrogen-bond acceptors (Lipinski definition) is 4. The van der Waals surface area contributed by atoms with E-state index in [-0.39, 0.29) is 11.4 Å². The van der Waals surface area contributed by atoms with Gasteiger partial charge in [0.1, 0.15) is 5.60 Å². The van der Waals surface area contributed by atoms with Crippen LogP contribution in [0, 0.1) is 5.41 Å². The molecule has 0 heterocycles. The molecule has 0 aromatic heterocycles. The van der Waals surface area contributed by atoms with Crippen LogP contribution in [0.1, 0.15) is 53.9 Å². The Labute approximate surface area is 178 Å². The van der Waals surface area contributed by atoms with Gasteiger partial charge in [-0.15, -0.1) is 0 Å². The zero-order valence-corrected chi connectivity index (χ0v) is 20.8. The summed E-state index contributed by atoms with van der Waals surface area (Å²) in [6.45, 7) is 16.7. The van der Waals surface area contributed by atoms with E-state index >= 15 is 0 Å².